The summed E-state index contributed by atoms with van der Waals surface area (Å²) in [5.74, 6) is 0.596. The minimum atomic E-state index is 0.0879. The van der Waals surface area contributed by atoms with Crippen molar-refractivity contribution in [3.05, 3.63) is 17.5 Å². The van der Waals surface area contributed by atoms with Crippen LogP contribution >= 0.6 is 0 Å². The van der Waals surface area contributed by atoms with Gasteiger partial charge in [-0.05, 0) is 32.4 Å². The largest absolute Gasteiger partial charge is 0.337 e. The lowest BCUT2D eigenvalue weighted by Gasteiger charge is -2.24. The highest BCUT2D eigenvalue weighted by Gasteiger charge is 2.22. The van der Waals surface area contributed by atoms with E-state index in [4.69, 9.17) is 5.73 Å². The second kappa shape index (κ2) is 6.85. The van der Waals surface area contributed by atoms with Crippen molar-refractivity contribution in [2.75, 3.05) is 39.3 Å². The van der Waals surface area contributed by atoms with E-state index in [0.29, 0.717) is 18.0 Å². The van der Waals surface area contributed by atoms with E-state index in [0.717, 1.165) is 44.8 Å². The fourth-order valence-corrected chi connectivity index (χ4v) is 2.61. The van der Waals surface area contributed by atoms with E-state index in [1.54, 1.807) is 6.20 Å². The summed E-state index contributed by atoms with van der Waals surface area (Å²) in [7, 11) is 0. The highest BCUT2D eigenvalue weighted by molar-refractivity contribution is 5.95. The number of carbonyl (C=O) groups excluding carboxylic acids is 1. The van der Waals surface area contributed by atoms with E-state index >= 15 is 0 Å². The molecule has 1 atom stereocenters. The molecular weight excluding hydrogens is 254 g/mol. The van der Waals surface area contributed by atoms with E-state index in [2.05, 4.69) is 22.0 Å². The molecule has 112 valence electrons. The molecule has 20 heavy (non-hydrogen) atoms. The van der Waals surface area contributed by atoms with Gasteiger partial charge in [-0.3, -0.25) is 9.89 Å². The number of carbonyl (C=O) groups is 1. The van der Waals surface area contributed by atoms with Gasteiger partial charge in [-0.2, -0.15) is 5.10 Å². The number of nitrogens with one attached hydrogen (secondary N) is 1. The van der Waals surface area contributed by atoms with Crippen LogP contribution < -0.4 is 5.73 Å². The zero-order chi connectivity index (χ0) is 14.5. The third-order valence-corrected chi connectivity index (χ3v) is 3.91. The average molecular weight is 279 g/mol. The van der Waals surface area contributed by atoms with Gasteiger partial charge in [0.05, 0.1) is 11.8 Å². The van der Waals surface area contributed by atoms with Crippen LogP contribution in [0.25, 0.3) is 0 Å². The van der Waals surface area contributed by atoms with Crippen molar-refractivity contribution in [2.24, 2.45) is 11.7 Å². The molecule has 1 aliphatic heterocycles. The summed E-state index contributed by atoms with van der Waals surface area (Å²) in [6, 6.07) is 0. The molecule has 2 rings (SSSR count). The molecule has 1 aromatic rings. The number of nitrogens with two attached hydrogens (primary N) is 1. The van der Waals surface area contributed by atoms with Crippen molar-refractivity contribution < 1.29 is 4.79 Å². The minimum absolute atomic E-state index is 0.0879. The number of amides is 1. The first-order valence-corrected chi connectivity index (χ1v) is 7.33. The van der Waals surface area contributed by atoms with Crippen LogP contribution in [0.4, 0.5) is 0 Å². The Labute approximate surface area is 120 Å². The molecule has 0 bridgehead atoms. The highest BCUT2D eigenvalue weighted by atomic mass is 16.2. The average Bonchev–Trinajstić information content (AvgIpc) is 2.73. The molecule has 1 unspecified atom stereocenters. The first kappa shape index (κ1) is 15.0. The van der Waals surface area contributed by atoms with Crippen molar-refractivity contribution in [3.63, 3.8) is 0 Å². The molecule has 6 heteroatoms. The highest BCUT2D eigenvalue weighted by Crippen LogP contribution is 2.11. The smallest absolute Gasteiger partial charge is 0.257 e. The van der Waals surface area contributed by atoms with Gasteiger partial charge in [0.25, 0.3) is 5.91 Å². The lowest BCUT2D eigenvalue weighted by molar-refractivity contribution is 0.0760. The van der Waals surface area contributed by atoms with Gasteiger partial charge in [-0.1, -0.05) is 6.92 Å². The molecule has 1 aromatic heterocycles. The number of rotatable bonds is 4. The van der Waals surface area contributed by atoms with Crippen molar-refractivity contribution >= 4 is 5.91 Å². The van der Waals surface area contributed by atoms with Gasteiger partial charge in [0.15, 0.2) is 0 Å². The third-order valence-electron chi connectivity index (χ3n) is 3.91. The van der Waals surface area contributed by atoms with E-state index in [1.165, 1.54) is 0 Å². The number of aromatic nitrogens is 2. The van der Waals surface area contributed by atoms with E-state index in [-0.39, 0.29) is 5.91 Å². The predicted molar refractivity (Wildman–Crippen MR) is 78.5 cm³/mol. The summed E-state index contributed by atoms with van der Waals surface area (Å²) in [4.78, 5) is 16.8. The maximum atomic E-state index is 12.4. The van der Waals surface area contributed by atoms with Crippen molar-refractivity contribution in [1.82, 2.24) is 20.0 Å². The van der Waals surface area contributed by atoms with Gasteiger partial charge in [0.1, 0.15) is 0 Å². The van der Waals surface area contributed by atoms with Gasteiger partial charge in [0, 0.05) is 31.9 Å². The summed E-state index contributed by atoms with van der Waals surface area (Å²) in [5, 5.41) is 6.75. The van der Waals surface area contributed by atoms with Crippen LogP contribution in [0.5, 0.6) is 0 Å². The second-order valence-corrected chi connectivity index (χ2v) is 5.70. The second-order valence-electron chi connectivity index (χ2n) is 5.70. The topological polar surface area (TPSA) is 78.2 Å². The standard InChI is InChI=1S/C14H25N5O/c1-11(8-15)10-18-4-3-5-19(7-6-18)14(20)13-9-16-17-12(13)2/h9,11H,3-8,10,15H2,1-2H3,(H,16,17). The Morgan fingerprint density at radius 2 is 2.25 bits per heavy atom. The van der Waals surface area contributed by atoms with Crippen LogP contribution in [-0.2, 0) is 0 Å². The van der Waals surface area contributed by atoms with E-state index in [9.17, 15) is 4.79 Å². The Hall–Kier alpha value is -1.40. The third kappa shape index (κ3) is 3.58. The number of nitrogens with zero attached hydrogens (tertiary/aromatic N) is 3. The van der Waals surface area contributed by atoms with Crippen molar-refractivity contribution in [1.29, 1.82) is 0 Å². The lowest BCUT2D eigenvalue weighted by atomic mass is 10.1. The summed E-state index contributed by atoms with van der Waals surface area (Å²) in [6.07, 6.45) is 2.64. The zero-order valence-electron chi connectivity index (χ0n) is 12.4. The molecule has 1 fully saturated rings. The molecule has 1 amide bonds. The Morgan fingerprint density at radius 1 is 1.45 bits per heavy atom. The number of H-pyrrole nitrogens is 1. The Kier molecular flexibility index (Phi) is 5.14. The molecule has 2 heterocycles. The molecular formula is C14H25N5O. The van der Waals surface area contributed by atoms with Crippen LogP contribution in [0, 0.1) is 12.8 Å². The molecule has 0 saturated carbocycles. The van der Waals surface area contributed by atoms with E-state index < -0.39 is 0 Å². The van der Waals surface area contributed by atoms with E-state index in [1.807, 2.05) is 11.8 Å². The lowest BCUT2D eigenvalue weighted by Crippen LogP contribution is -2.37. The van der Waals surface area contributed by atoms with Gasteiger partial charge in [0.2, 0.25) is 0 Å². The van der Waals surface area contributed by atoms with Gasteiger partial charge < -0.3 is 15.5 Å². The first-order valence-electron chi connectivity index (χ1n) is 7.33. The fourth-order valence-electron chi connectivity index (χ4n) is 2.61. The zero-order valence-corrected chi connectivity index (χ0v) is 12.4. The van der Waals surface area contributed by atoms with Crippen molar-refractivity contribution in [2.45, 2.75) is 20.3 Å². The SMILES string of the molecule is Cc1[nH]ncc1C(=O)N1CCCN(CC(C)CN)CC1. The monoisotopic (exact) mass is 279 g/mol. The number of aromatic amines is 1. The van der Waals surface area contributed by atoms with Gasteiger partial charge in [-0.25, -0.2) is 0 Å². The van der Waals surface area contributed by atoms with Crippen LogP contribution in [0.1, 0.15) is 29.4 Å². The summed E-state index contributed by atoms with van der Waals surface area (Å²) >= 11 is 0. The summed E-state index contributed by atoms with van der Waals surface area (Å²) < 4.78 is 0. The summed E-state index contributed by atoms with van der Waals surface area (Å²) in [6.45, 7) is 9.34. The normalized spacial score (nSPS) is 18.9. The minimum Gasteiger partial charge on any atom is -0.337 e. The van der Waals surface area contributed by atoms with Crippen molar-refractivity contribution in [3.8, 4) is 0 Å². The molecule has 6 nitrogen and oxygen atoms in total. The number of aryl methyl sites for hydroxylation is 1. The fraction of sp³-hybridized carbons (Fsp3) is 0.714. The van der Waals surface area contributed by atoms with Crippen LogP contribution in [0.15, 0.2) is 6.20 Å². The maximum Gasteiger partial charge on any atom is 0.257 e. The Bertz CT molecular complexity index is 445. The van der Waals surface area contributed by atoms with Gasteiger partial charge >= 0.3 is 0 Å². The quantitative estimate of drug-likeness (QED) is 0.839. The van der Waals surface area contributed by atoms with Crippen LogP contribution in [-0.4, -0.2) is 65.2 Å². The number of hydrogen-bond acceptors (Lipinski definition) is 4. The molecule has 3 N–H and O–H groups in total. The summed E-state index contributed by atoms with van der Waals surface area (Å²) in [5.41, 5.74) is 7.21. The van der Waals surface area contributed by atoms with Gasteiger partial charge in [-0.15, -0.1) is 0 Å². The van der Waals surface area contributed by atoms with Crippen LogP contribution in [0.3, 0.4) is 0 Å². The number of hydrogen-bond donors (Lipinski definition) is 2. The molecule has 0 radical (unpaired) electrons. The molecule has 1 saturated heterocycles. The Balaban J connectivity index is 1.93. The maximum absolute atomic E-state index is 12.4. The molecule has 0 aromatic carbocycles. The molecule has 0 spiro atoms. The Morgan fingerprint density at radius 3 is 2.90 bits per heavy atom. The van der Waals surface area contributed by atoms with Crippen LogP contribution in [0.2, 0.25) is 0 Å². The predicted octanol–water partition coefficient (Wildman–Crippen LogP) is 0.461. The molecule has 1 aliphatic rings. The molecule has 0 aliphatic carbocycles. The first-order chi connectivity index (χ1) is 9.61.